The molecular formula is C21H22FN3O2. The number of aromatic amines is 1. The topological polar surface area (TPSA) is 67.0 Å². The molecule has 27 heavy (non-hydrogen) atoms. The first-order chi connectivity index (χ1) is 13.0. The normalized spacial score (nSPS) is 14.5. The molecule has 0 spiro atoms. The molecule has 0 aliphatic carbocycles. The maximum atomic E-state index is 14.0. The van der Waals surface area contributed by atoms with Gasteiger partial charge in [0.1, 0.15) is 17.9 Å². The Morgan fingerprint density at radius 1 is 1.26 bits per heavy atom. The largest absolute Gasteiger partial charge is 0.491 e. The molecule has 0 bridgehead atoms. The van der Waals surface area contributed by atoms with Crippen molar-refractivity contribution < 1.29 is 13.9 Å². The highest BCUT2D eigenvalue weighted by Gasteiger charge is 2.30. The van der Waals surface area contributed by atoms with Gasteiger partial charge in [-0.1, -0.05) is 38.1 Å². The molecule has 0 unspecified atom stereocenters. The van der Waals surface area contributed by atoms with Crippen LogP contribution in [0.3, 0.4) is 0 Å². The number of carbonyl (C=O) groups is 1. The van der Waals surface area contributed by atoms with Gasteiger partial charge in [0.05, 0.1) is 5.56 Å². The third-order valence-corrected chi connectivity index (χ3v) is 5.05. The van der Waals surface area contributed by atoms with E-state index >= 15 is 0 Å². The fraction of sp³-hybridized carbons (Fsp3) is 0.333. The minimum Gasteiger partial charge on any atom is -0.491 e. The number of benzene rings is 2. The van der Waals surface area contributed by atoms with Gasteiger partial charge in [-0.3, -0.25) is 9.89 Å². The van der Waals surface area contributed by atoms with Crippen LogP contribution in [0.1, 0.15) is 41.9 Å². The zero-order chi connectivity index (χ0) is 19.0. The Morgan fingerprint density at radius 3 is 2.93 bits per heavy atom. The summed E-state index contributed by atoms with van der Waals surface area (Å²) < 4.78 is 19.8. The number of nitrogens with one attached hydrogen (secondary N) is 2. The second-order valence-corrected chi connectivity index (χ2v) is 7.54. The van der Waals surface area contributed by atoms with E-state index in [9.17, 15) is 9.18 Å². The van der Waals surface area contributed by atoms with Crippen LogP contribution in [0, 0.1) is 5.82 Å². The Hall–Kier alpha value is -2.73. The van der Waals surface area contributed by atoms with Gasteiger partial charge < -0.3 is 10.1 Å². The average Bonchev–Trinajstić information content (AvgIpc) is 2.94. The molecular weight excluding hydrogens is 345 g/mol. The highest BCUT2D eigenvalue weighted by atomic mass is 19.1. The van der Waals surface area contributed by atoms with E-state index in [0.29, 0.717) is 35.4 Å². The van der Waals surface area contributed by atoms with Crippen molar-refractivity contribution >= 4 is 16.7 Å². The number of aromatic nitrogens is 2. The number of ether oxygens (including phenoxy) is 1. The zero-order valence-corrected chi connectivity index (χ0v) is 15.4. The molecule has 0 radical (unpaired) electrons. The average molecular weight is 367 g/mol. The summed E-state index contributed by atoms with van der Waals surface area (Å²) in [5, 5.41) is 11.0. The number of hydrogen-bond donors (Lipinski definition) is 2. The summed E-state index contributed by atoms with van der Waals surface area (Å²) in [5.74, 6) is 0.299. The van der Waals surface area contributed by atoms with Crippen molar-refractivity contribution in [2.45, 2.75) is 32.2 Å². The van der Waals surface area contributed by atoms with Crippen molar-refractivity contribution in [3.05, 3.63) is 59.0 Å². The van der Waals surface area contributed by atoms with Crippen LogP contribution in [0.5, 0.6) is 5.75 Å². The molecule has 3 aromatic rings. The summed E-state index contributed by atoms with van der Waals surface area (Å²) >= 11 is 0. The van der Waals surface area contributed by atoms with Gasteiger partial charge in [0.25, 0.3) is 0 Å². The number of hydrogen-bond acceptors (Lipinski definition) is 4. The molecule has 140 valence electrons. The number of H-pyrrole nitrogens is 1. The minimum atomic E-state index is -0.536. The Balaban J connectivity index is 1.67. The van der Waals surface area contributed by atoms with E-state index < -0.39 is 5.41 Å². The summed E-state index contributed by atoms with van der Waals surface area (Å²) in [7, 11) is 0. The lowest BCUT2D eigenvalue weighted by molar-refractivity contribution is 0.0953. The molecule has 2 heterocycles. The SMILES string of the molecule is CC(C)(CC(=O)c1cccc2c1OCCNC2)c1[nH]nc2c(F)cccc12. The first-order valence-electron chi connectivity index (χ1n) is 9.09. The van der Waals surface area contributed by atoms with Gasteiger partial charge in [-0.05, 0) is 12.1 Å². The fourth-order valence-electron chi connectivity index (χ4n) is 3.67. The van der Waals surface area contributed by atoms with Crippen molar-refractivity contribution in [2.75, 3.05) is 13.2 Å². The molecule has 6 heteroatoms. The van der Waals surface area contributed by atoms with Crippen LogP contribution >= 0.6 is 0 Å². The van der Waals surface area contributed by atoms with Crippen LogP contribution in [0.2, 0.25) is 0 Å². The van der Waals surface area contributed by atoms with Crippen molar-refractivity contribution in [3.8, 4) is 5.75 Å². The molecule has 2 aromatic carbocycles. The number of nitrogens with zero attached hydrogens (tertiary/aromatic N) is 1. The lowest BCUT2D eigenvalue weighted by Crippen LogP contribution is -2.23. The molecule has 1 aromatic heterocycles. The molecule has 4 rings (SSSR count). The lowest BCUT2D eigenvalue weighted by Gasteiger charge is -2.23. The molecule has 0 saturated carbocycles. The van der Waals surface area contributed by atoms with Gasteiger partial charge in [-0.25, -0.2) is 4.39 Å². The van der Waals surface area contributed by atoms with Crippen molar-refractivity contribution in [1.82, 2.24) is 15.5 Å². The lowest BCUT2D eigenvalue weighted by atomic mass is 9.81. The Labute approximate surface area is 156 Å². The number of carbonyl (C=O) groups excluding carboxylic acids is 1. The van der Waals surface area contributed by atoms with E-state index in [1.807, 2.05) is 38.1 Å². The van der Waals surface area contributed by atoms with Gasteiger partial charge in [0.15, 0.2) is 11.6 Å². The van der Waals surface area contributed by atoms with Crippen molar-refractivity contribution in [1.29, 1.82) is 0 Å². The van der Waals surface area contributed by atoms with Gasteiger partial charge in [0, 0.05) is 41.6 Å². The number of ketones is 1. The first kappa shape index (κ1) is 17.7. The van der Waals surface area contributed by atoms with E-state index in [0.717, 1.165) is 17.8 Å². The third kappa shape index (κ3) is 3.21. The Kier molecular flexibility index (Phi) is 4.44. The van der Waals surface area contributed by atoms with Crippen LogP contribution in [0.4, 0.5) is 4.39 Å². The summed E-state index contributed by atoms with van der Waals surface area (Å²) in [6, 6.07) is 10.5. The molecule has 2 N–H and O–H groups in total. The zero-order valence-electron chi connectivity index (χ0n) is 15.4. The first-order valence-corrected chi connectivity index (χ1v) is 9.09. The standard InChI is InChI=1S/C21H22FN3O2/c1-21(2,20-15-7-4-8-16(22)18(15)24-25-20)11-17(26)14-6-3-5-13-12-23-9-10-27-19(13)14/h3-8,23H,9-12H2,1-2H3,(H,24,25). The van der Waals surface area contributed by atoms with Gasteiger partial charge >= 0.3 is 0 Å². The number of Topliss-reactive ketones (excluding diaryl/α,β-unsaturated/α-hetero) is 1. The van der Waals surface area contributed by atoms with Crippen molar-refractivity contribution in [3.63, 3.8) is 0 Å². The van der Waals surface area contributed by atoms with Crippen LogP contribution < -0.4 is 10.1 Å². The second kappa shape index (κ2) is 6.78. The van der Waals surface area contributed by atoms with Crippen LogP contribution in [-0.2, 0) is 12.0 Å². The number of rotatable bonds is 4. The number of halogens is 1. The van der Waals surface area contributed by atoms with Gasteiger partial charge in [0.2, 0.25) is 0 Å². The maximum Gasteiger partial charge on any atom is 0.167 e. The molecule has 1 aliphatic rings. The molecule has 0 amide bonds. The minimum absolute atomic E-state index is 0.00194. The van der Waals surface area contributed by atoms with Gasteiger partial charge in [-0.15, -0.1) is 0 Å². The van der Waals surface area contributed by atoms with E-state index in [1.165, 1.54) is 6.07 Å². The van der Waals surface area contributed by atoms with Gasteiger partial charge in [-0.2, -0.15) is 5.10 Å². The Morgan fingerprint density at radius 2 is 2.07 bits per heavy atom. The van der Waals surface area contributed by atoms with Crippen LogP contribution in [0.25, 0.3) is 10.9 Å². The smallest absolute Gasteiger partial charge is 0.167 e. The van der Waals surface area contributed by atoms with E-state index in [2.05, 4.69) is 15.5 Å². The Bertz CT molecular complexity index is 1010. The van der Waals surface area contributed by atoms with E-state index in [1.54, 1.807) is 6.07 Å². The number of fused-ring (bicyclic) bond motifs is 2. The van der Waals surface area contributed by atoms with Crippen LogP contribution in [-0.4, -0.2) is 29.1 Å². The summed E-state index contributed by atoms with van der Waals surface area (Å²) in [5.41, 5.74) is 2.11. The molecule has 0 saturated heterocycles. The molecule has 1 aliphatic heterocycles. The summed E-state index contributed by atoms with van der Waals surface area (Å²) in [6.07, 6.45) is 0.258. The summed E-state index contributed by atoms with van der Waals surface area (Å²) in [4.78, 5) is 13.1. The molecule has 0 atom stereocenters. The summed E-state index contributed by atoms with van der Waals surface area (Å²) in [6.45, 7) is 5.90. The molecule has 0 fully saturated rings. The monoisotopic (exact) mass is 367 g/mol. The fourth-order valence-corrected chi connectivity index (χ4v) is 3.67. The quantitative estimate of drug-likeness (QED) is 0.690. The molecule has 5 nitrogen and oxygen atoms in total. The van der Waals surface area contributed by atoms with E-state index in [4.69, 9.17) is 4.74 Å². The highest BCUT2D eigenvalue weighted by Crippen LogP contribution is 2.35. The predicted octanol–water partition coefficient (Wildman–Crippen LogP) is 3.73. The van der Waals surface area contributed by atoms with E-state index in [-0.39, 0.29) is 18.0 Å². The highest BCUT2D eigenvalue weighted by molar-refractivity contribution is 6.00. The second-order valence-electron chi connectivity index (χ2n) is 7.54. The third-order valence-electron chi connectivity index (χ3n) is 5.05. The predicted molar refractivity (Wildman–Crippen MR) is 102 cm³/mol. The maximum absolute atomic E-state index is 14.0. The van der Waals surface area contributed by atoms with Crippen LogP contribution in [0.15, 0.2) is 36.4 Å². The van der Waals surface area contributed by atoms with Crippen molar-refractivity contribution in [2.24, 2.45) is 0 Å². The number of para-hydroxylation sites is 2.